The van der Waals surface area contributed by atoms with Crippen LogP contribution in [0, 0.1) is 0 Å². The van der Waals surface area contributed by atoms with Gasteiger partial charge in [0.1, 0.15) is 4.32 Å². The maximum Gasteiger partial charge on any atom is 0.137 e. The fourth-order valence-corrected chi connectivity index (χ4v) is 4.06. The van der Waals surface area contributed by atoms with Gasteiger partial charge < -0.3 is 4.90 Å². The zero-order valence-corrected chi connectivity index (χ0v) is 10.7. The van der Waals surface area contributed by atoms with Crippen molar-refractivity contribution in [1.82, 2.24) is 4.90 Å². The van der Waals surface area contributed by atoms with Gasteiger partial charge in [0, 0.05) is 12.3 Å². The summed E-state index contributed by atoms with van der Waals surface area (Å²) in [6, 6.07) is 0. The summed E-state index contributed by atoms with van der Waals surface area (Å²) in [5, 5.41) is 0.637. The van der Waals surface area contributed by atoms with Crippen molar-refractivity contribution in [2.75, 3.05) is 18.1 Å². The van der Waals surface area contributed by atoms with Crippen LogP contribution in [0.15, 0.2) is 0 Å². The van der Waals surface area contributed by atoms with Crippen LogP contribution in [-0.2, 0) is 0 Å². The molecule has 76 valence electrons. The highest BCUT2D eigenvalue weighted by Crippen LogP contribution is 2.28. The first-order valence-corrected chi connectivity index (χ1v) is 7.28. The number of nitrogens with zero attached hydrogens (tertiary/aromatic N) is 1. The summed E-state index contributed by atoms with van der Waals surface area (Å²) in [6.07, 6.45) is 2.51. The fourth-order valence-electron chi connectivity index (χ4n) is 1.44. The highest BCUT2D eigenvalue weighted by Gasteiger charge is 2.24. The molecule has 0 aliphatic carbocycles. The SMILES string of the molecule is CCCC(SCC)N1CCSC1=S. The molecule has 1 fully saturated rings. The number of thiocarbonyl (C=S) groups is 1. The highest BCUT2D eigenvalue weighted by atomic mass is 32.2. The maximum absolute atomic E-state index is 5.32. The van der Waals surface area contributed by atoms with Crippen molar-refractivity contribution in [2.24, 2.45) is 0 Å². The molecule has 0 spiro atoms. The molecule has 0 saturated carbocycles. The topological polar surface area (TPSA) is 3.24 Å². The van der Waals surface area contributed by atoms with Crippen molar-refractivity contribution in [3.63, 3.8) is 0 Å². The van der Waals surface area contributed by atoms with Gasteiger partial charge in [-0.1, -0.05) is 44.2 Å². The minimum Gasteiger partial charge on any atom is -0.345 e. The summed E-state index contributed by atoms with van der Waals surface area (Å²) in [7, 11) is 0. The molecule has 1 atom stereocenters. The van der Waals surface area contributed by atoms with E-state index < -0.39 is 0 Å². The van der Waals surface area contributed by atoms with Crippen LogP contribution in [0.5, 0.6) is 0 Å². The Kier molecular flexibility index (Phi) is 5.51. The monoisotopic (exact) mass is 235 g/mol. The minimum absolute atomic E-state index is 0.637. The van der Waals surface area contributed by atoms with Crippen LogP contribution in [-0.4, -0.2) is 32.6 Å². The van der Waals surface area contributed by atoms with E-state index in [-0.39, 0.29) is 0 Å². The summed E-state index contributed by atoms with van der Waals surface area (Å²) >= 11 is 9.18. The molecule has 0 radical (unpaired) electrons. The van der Waals surface area contributed by atoms with E-state index in [4.69, 9.17) is 12.2 Å². The molecule has 1 saturated heterocycles. The molecule has 1 rings (SSSR count). The van der Waals surface area contributed by atoms with Gasteiger partial charge in [0.05, 0.1) is 5.37 Å². The predicted molar refractivity (Wildman–Crippen MR) is 68.6 cm³/mol. The van der Waals surface area contributed by atoms with Gasteiger partial charge in [-0.3, -0.25) is 0 Å². The Morgan fingerprint density at radius 3 is 2.85 bits per heavy atom. The Hall–Kier alpha value is 0.590. The van der Waals surface area contributed by atoms with E-state index in [0.29, 0.717) is 5.37 Å². The fraction of sp³-hybridized carbons (Fsp3) is 0.889. The van der Waals surface area contributed by atoms with E-state index in [1.54, 1.807) is 0 Å². The van der Waals surface area contributed by atoms with Gasteiger partial charge in [0.25, 0.3) is 0 Å². The highest BCUT2D eigenvalue weighted by molar-refractivity contribution is 8.23. The average Bonchev–Trinajstić information content (AvgIpc) is 2.51. The summed E-state index contributed by atoms with van der Waals surface area (Å²) < 4.78 is 1.11. The van der Waals surface area contributed by atoms with Crippen molar-refractivity contribution in [3.05, 3.63) is 0 Å². The standard InChI is InChI=1S/C9H17NS3/c1-3-5-8(12-4-2)10-6-7-13-9(10)11/h8H,3-7H2,1-2H3. The van der Waals surface area contributed by atoms with Crippen molar-refractivity contribution in [1.29, 1.82) is 0 Å². The molecule has 13 heavy (non-hydrogen) atoms. The van der Waals surface area contributed by atoms with Gasteiger partial charge in [-0.25, -0.2) is 0 Å². The molecule has 0 aromatic carbocycles. The van der Waals surface area contributed by atoms with Gasteiger partial charge in [0.15, 0.2) is 0 Å². The second kappa shape index (κ2) is 6.14. The normalized spacial score (nSPS) is 19.5. The average molecular weight is 235 g/mol. The van der Waals surface area contributed by atoms with E-state index in [1.807, 2.05) is 23.5 Å². The lowest BCUT2D eigenvalue weighted by atomic mass is 10.3. The second-order valence-electron chi connectivity index (χ2n) is 3.01. The lowest BCUT2D eigenvalue weighted by Crippen LogP contribution is -2.32. The van der Waals surface area contributed by atoms with E-state index in [2.05, 4.69) is 18.7 Å². The first-order chi connectivity index (χ1) is 6.29. The van der Waals surface area contributed by atoms with E-state index in [1.165, 1.54) is 24.3 Å². The number of rotatable bonds is 5. The first-order valence-electron chi connectivity index (χ1n) is 4.84. The quantitative estimate of drug-likeness (QED) is 0.673. The van der Waals surface area contributed by atoms with Crippen LogP contribution in [0.3, 0.4) is 0 Å². The van der Waals surface area contributed by atoms with E-state index in [9.17, 15) is 0 Å². The Morgan fingerprint density at radius 1 is 1.62 bits per heavy atom. The first kappa shape index (κ1) is 11.7. The molecule has 0 aromatic heterocycles. The van der Waals surface area contributed by atoms with Crippen LogP contribution in [0.2, 0.25) is 0 Å². The van der Waals surface area contributed by atoms with Crippen molar-refractivity contribution < 1.29 is 0 Å². The van der Waals surface area contributed by atoms with Crippen LogP contribution in [0.4, 0.5) is 0 Å². The third-order valence-corrected chi connectivity index (χ3v) is 4.70. The molecule has 0 aromatic rings. The van der Waals surface area contributed by atoms with Crippen LogP contribution < -0.4 is 0 Å². The maximum atomic E-state index is 5.32. The van der Waals surface area contributed by atoms with Crippen LogP contribution >= 0.6 is 35.7 Å². The molecular weight excluding hydrogens is 218 g/mol. The smallest absolute Gasteiger partial charge is 0.137 e. The molecular formula is C9H17NS3. The molecule has 1 aliphatic heterocycles. The summed E-state index contributed by atoms with van der Waals surface area (Å²) in [6.45, 7) is 5.62. The Labute approximate surface area is 95.0 Å². The molecule has 0 amide bonds. The zero-order chi connectivity index (χ0) is 9.68. The van der Waals surface area contributed by atoms with Gasteiger partial charge in [0.2, 0.25) is 0 Å². The molecule has 1 unspecified atom stereocenters. The Bertz CT molecular complexity index is 166. The predicted octanol–water partition coefficient (Wildman–Crippen LogP) is 3.20. The molecule has 1 nitrogen and oxygen atoms in total. The van der Waals surface area contributed by atoms with Crippen LogP contribution in [0.1, 0.15) is 26.7 Å². The van der Waals surface area contributed by atoms with Crippen LogP contribution in [0.25, 0.3) is 0 Å². The van der Waals surface area contributed by atoms with Gasteiger partial charge >= 0.3 is 0 Å². The van der Waals surface area contributed by atoms with Crippen molar-refractivity contribution >= 4 is 40.1 Å². The molecule has 1 aliphatic rings. The lowest BCUT2D eigenvalue weighted by molar-refractivity contribution is 0.418. The molecule has 0 bridgehead atoms. The number of thioether (sulfide) groups is 2. The molecule has 0 N–H and O–H groups in total. The zero-order valence-electron chi connectivity index (χ0n) is 8.28. The third-order valence-electron chi connectivity index (χ3n) is 2.03. The molecule has 4 heteroatoms. The number of hydrogen-bond acceptors (Lipinski definition) is 3. The Balaban J connectivity index is 2.47. The summed E-state index contributed by atoms with van der Waals surface area (Å²) in [5.41, 5.74) is 0. The minimum atomic E-state index is 0.637. The summed E-state index contributed by atoms with van der Waals surface area (Å²) in [4.78, 5) is 2.40. The Morgan fingerprint density at radius 2 is 2.38 bits per heavy atom. The van der Waals surface area contributed by atoms with E-state index in [0.717, 1.165) is 10.9 Å². The van der Waals surface area contributed by atoms with Gasteiger partial charge in [-0.2, -0.15) is 0 Å². The van der Waals surface area contributed by atoms with Crippen molar-refractivity contribution in [3.8, 4) is 0 Å². The van der Waals surface area contributed by atoms with Gasteiger partial charge in [-0.15, -0.1) is 11.8 Å². The van der Waals surface area contributed by atoms with E-state index >= 15 is 0 Å². The van der Waals surface area contributed by atoms with Crippen molar-refractivity contribution in [2.45, 2.75) is 32.1 Å². The number of hydrogen-bond donors (Lipinski definition) is 0. The largest absolute Gasteiger partial charge is 0.345 e. The third kappa shape index (κ3) is 3.33. The second-order valence-corrected chi connectivity index (χ2v) is 6.19. The van der Waals surface area contributed by atoms with Gasteiger partial charge in [-0.05, 0) is 12.2 Å². The summed E-state index contributed by atoms with van der Waals surface area (Å²) in [5.74, 6) is 2.37. The molecule has 1 heterocycles. The lowest BCUT2D eigenvalue weighted by Gasteiger charge is -2.27.